The third-order valence-electron chi connectivity index (χ3n) is 3.32. The highest BCUT2D eigenvalue weighted by molar-refractivity contribution is 7.09. The third-order valence-corrected chi connectivity index (χ3v) is 4.42. The van der Waals surface area contributed by atoms with Gasteiger partial charge in [0.2, 0.25) is 0 Å². The van der Waals surface area contributed by atoms with E-state index >= 15 is 0 Å². The lowest BCUT2D eigenvalue weighted by molar-refractivity contribution is 0.110. The number of likely N-dealkylation sites (tertiary alicyclic amines) is 1. The van der Waals surface area contributed by atoms with Gasteiger partial charge in [0.1, 0.15) is 5.01 Å². The van der Waals surface area contributed by atoms with Gasteiger partial charge in [-0.3, -0.25) is 4.90 Å². The van der Waals surface area contributed by atoms with Crippen molar-refractivity contribution in [2.45, 2.75) is 46.2 Å². The average molecular weight is 253 g/mol. The molecule has 0 bridgehead atoms. The average Bonchev–Trinajstić information content (AvgIpc) is 2.64. The summed E-state index contributed by atoms with van der Waals surface area (Å²) >= 11 is 1.68. The lowest BCUT2D eigenvalue weighted by atomic mass is 9.84. The van der Waals surface area contributed by atoms with Crippen molar-refractivity contribution in [1.29, 1.82) is 0 Å². The summed E-state index contributed by atoms with van der Waals surface area (Å²) in [4.78, 5) is 7.12. The van der Waals surface area contributed by atoms with E-state index in [1.165, 1.54) is 31.6 Å². The van der Waals surface area contributed by atoms with Crippen molar-refractivity contribution in [2.24, 2.45) is 11.1 Å². The fraction of sp³-hybridized carbons (Fsp3) is 0.769. The smallest absolute Gasteiger partial charge is 0.109 e. The second-order valence-electron chi connectivity index (χ2n) is 5.94. The first-order chi connectivity index (χ1) is 7.96. The maximum Gasteiger partial charge on any atom is 0.109 e. The molecule has 1 fully saturated rings. The Morgan fingerprint density at radius 3 is 2.94 bits per heavy atom. The molecule has 0 aliphatic carbocycles. The Kier molecular flexibility index (Phi) is 3.85. The number of hydrogen-bond acceptors (Lipinski definition) is 4. The zero-order valence-electron chi connectivity index (χ0n) is 11.1. The molecule has 1 atom stereocenters. The summed E-state index contributed by atoms with van der Waals surface area (Å²) in [6.07, 6.45) is 2.64. The fourth-order valence-electron chi connectivity index (χ4n) is 2.51. The van der Waals surface area contributed by atoms with E-state index in [0.717, 1.165) is 11.6 Å². The Morgan fingerprint density at radius 2 is 2.35 bits per heavy atom. The van der Waals surface area contributed by atoms with Crippen molar-refractivity contribution in [2.75, 3.05) is 13.1 Å². The highest BCUT2D eigenvalue weighted by Gasteiger charge is 2.26. The minimum Gasteiger partial charge on any atom is -0.322 e. The fourth-order valence-corrected chi connectivity index (χ4v) is 3.28. The van der Waals surface area contributed by atoms with Crippen LogP contribution in [-0.4, -0.2) is 23.0 Å². The molecule has 1 unspecified atom stereocenters. The van der Waals surface area contributed by atoms with Gasteiger partial charge in [0.05, 0.1) is 11.7 Å². The molecule has 0 saturated carbocycles. The van der Waals surface area contributed by atoms with Gasteiger partial charge in [-0.05, 0) is 31.7 Å². The van der Waals surface area contributed by atoms with Crippen molar-refractivity contribution in [3.8, 4) is 0 Å². The van der Waals surface area contributed by atoms with Crippen molar-refractivity contribution < 1.29 is 0 Å². The number of piperidine rings is 1. The zero-order valence-corrected chi connectivity index (χ0v) is 11.9. The van der Waals surface area contributed by atoms with Crippen LogP contribution in [0.5, 0.6) is 0 Å². The number of rotatable bonds is 3. The summed E-state index contributed by atoms with van der Waals surface area (Å²) in [5, 5.41) is 3.21. The van der Waals surface area contributed by atoms with Crippen LogP contribution in [0.2, 0.25) is 0 Å². The predicted molar refractivity (Wildman–Crippen MR) is 73.0 cm³/mol. The molecule has 1 aliphatic rings. The van der Waals surface area contributed by atoms with E-state index in [1.54, 1.807) is 11.3 Å². The summed E-state index contributed by atoms with van der Waals surface area (Å²) in [5.41, 5.74) is 7.47. The van der Waals surface area contributed by atoms with Gasteiger partial charge < -0.3 is 5.73 Å². The van der Waals surface area contributed by atoms with Crippen LogP contribution < -0.4 is 5.73 Å². The molecule has 1 saturated heterocycles. The van der Waals surface area contributed by atoms with Gasteiger partial charge in [-0.25, -0.2) is 4.98 Å². The van der Waals surface area contributed by atoms with Gasteiger partial charge >= 0.3 is 0 Å². The van der Waals surface area contributed by atoms with E-state index in [-0.39, 0.29) is 6.04 Å². The molecule has 2 N–H and O–H groups in total. The maximum absolute atomic E-state index is 5.84. The van der Waals surface area contributed by atoms with Crippen LogP contribution in [-0.2, 0) is 6.54 Å². The zero-order chi connectivity index (χ0) is 12.5. The van der Waals surface area contributed by atoms with Crippen molar-refractivity contribution in [3.05, 3.63) is 16.1 Å². The lowest BCUT2D eigenvalue weighted by Crippen LogP contribution is -2.39. The standard InChI is InChI=1S/C13H23N3S/c1-10(14)12-15-11(8-17-12)7-16-6-4-5-13(2,3)9-16/h8,10H,4-7,9,14H2,1-3H3. The van der Waals surface area contributed by atoms with E-state index in [9.17, 15) is 0 Å². The van der Waals surface area contributed by atoms with Gasteiger partial charge in [-0.15, -0.1) is 11.3 Å². The number of hydrogen-bond donors (Lipinski definition) is 1. The highest BCUT2D eigenvalue weighted by Crippen LogP contribution is 2.29. The number of nitrogens with zero attached hydrogens (tertiary/aromatic N) is 2. The molecule has 0 amide bonds. The van der Waals surface area contributed by atoms with Gasteiger partial charge in [0.25, 0.3) is 0 Å². The molecule has 0 aromatic carbocycles. The van der Waals surface area contributed by atoms with Crippen LogP contribution in [0.3, 0.4) is 0 Å². The topological polar surface area (TPSA) is 42.1 Å². The summed E-state index contributed by atoms with van der Waals surface area (Å²) in [5.74, 6) is 0. The van der Waals surface area contributed by atoms with Gasteiger partial charge in [-0.1, -0.05) is 13.8 Å². The number of nitrogens with two attached hydrogens (primary N) is 1. The molecular formula is C13H23N3S. The van der Waals surface area contributed by atoms with Gasteiger partial charge in [0.15, 0.2) is 0 Å². The summed E-state index contributed by atoms with van der Waals surface area (Å²) < 4.78 is 0. The van der Waals surface area contributed by atoms with Gasteiger partial charge in [0, 0.05) is 18.5 Å². The molecular weight excluding hydrogens is 230 g/mol. The Hall–Kier alpha value is -0.450. The molecule has 1 aliphatic heterocycles. The van der Waals surface area contributed by atoms with Crippen LogP contribution in [0.1, 0.15) is 50.4 Å². The Bertz CT molecular complexity index is 370. The maximum atomic E-state index is 5.84. The molecule has 3 nitrogen and oxygen atoms in total. The molecule has 0 radical (unpaired) electrons. The Morgan fingerprint density at radius 1 is 1.59 bits per heavy atom. The van der Waals surface area contributed by atoms with E-state index in [4.69, 9.17) is 5.73 Å². The third kappa shape index (κ3) is 3.50. The first-order valence-electron chi connectivity index (χ1n) is 6.38. The first kappa shape index (κ1) is 13.0. The lowest BCUT2D eigenvalue weighted by Gasteiger charge is -2.37. The first-order valence-corrected chi connectivity index (χ1v) is 7.26. The van der Waals surface area contributed by atoms with E-state index in [2.05, 4.69) is 29.1 Å². The quantitative estimate of drug-likeness (QED) is 0.900. The van der Waals surface area contributed by atoms with Crippen molar-refractivity contribution in [3.63, 3.8) is 0 Å². The Balaban J connectivity index is 1.95. The Labute approximate surface area is 108 Å². The van der Waals surface area contributed by atoms with Crippen LogP contribution in [0.15, 0.2) is 5.38 Å². The largest absolute Gasteiger partial charge is 0.322 e. The van der Waals surface area contributed by atoms with Crippen LogP contribution in [0, 0.1) is 5.41 Å². The SMILES string of the molecule is CC(N)c1nc(CN2CCCC(C)(C)C2)cs1. The summed E-state index contributed by atoms with van der Waals surface area (Å²) in [7, 11) is 0. The summed E-state index contributed by atoms with van der Waals surface area (Å²) in [6.45, 7) is 10.1. The van der Waals surface area contributed by atoms with E-state index in [0.29, 0.717) is 5.41 Å². The number of thiazole rings is 1. The van der Waals surface area contributed by atoms with Crippen molar-refractivity contribution >= 4 is 11.3 Å². The molecule has 4 heteroatoms. The molecule has 0 spiro atoms. The molecule has 2 rings (SSSR count). The molecule has 1 aromatic rings. The molecule has 1 aromatic heterocycles. The minimum atomic E-state index is 0.0616. The highest BCUT2D eigenvalue weighted by atomic mass is 32.1. The van der Waals surface area contributed by atoms with E-state index < -0.39 is 0 Å². The monoisotopic (exact) mass is 253 g/mol. The molecule has 17 heavy (non-hydrogen) atoms. The second kappa shape index (κ2) is 5.04. The minimum absolute atomic E-state index is 0.0616. The predicted octanol–water partition coefficient (Wildman–Crippen LogP) is 2.78. The molecule has 2 heterocycles. The van der Waals surface area contributed by atoms with Crippen LogP contribution in [0.4, 0.5) is 0 Å². The number of aromatic nitrogens is 1. The van der Waals surface area contributed by atoms with Crippen LogP contribution >= 0.6 is 11.3 Å². The van der Waals surface area contributed by atoms with Crippen molar-refractivity contribution in [1.82, 2.24) is 9.88 Å². The normalized spacial score (nSPS) is 22.6. The second-order valence-corrected chi connectivity index (χ2v) is 6.83. The van der Waals surface area contributed by atoms with Gasteiger partial charge in [-0.2, -0.15) is 0 Å². The molecule has 96 valence electrons. The summed E-state index contributed by atoms with van der Waals surface area (Å²) in [6, 6.07) is 0.0616. The van der Waals surface area contributed by atoms with Crippen LogP contribution in [0.25, 0.3) is 0 Å². The van der Waals surface area contributed by atoms with E-state index in [1.807, 2.05) is 6.92 Å².